The quantitative estimate of drug-likeness (QED) is 0.394. The molecule has 5 rings (SSSR count). The fraction of sp³-hybridized carbons (Fsp3) is 0.346. The lowest BCUT2D eigenvalue weighted by Gasteiger charge is -2.31. The highest BCUT2D eigenvalue weighted by Gasteiger charge is 2.41. The molecule has 4 heterocycles. The van der Waals surface area contributed by atoms with Crippen LogP contribution in [-0.2, 0) is 9.47 Å². The van der Waals surface area contributed by atoms with Gasteiger partial charge < -0.3 is 24.1 Å². The number of ether oxygens (including phenoxy) is 2. The lowest BCUT2D eigenvalue weighted by Crippen LogP contribution is -2.42. The van der Waals surface area contributed by atoms with E-state index in [4.69, 9.17) is 26.1 Å². The van der Waals surface area contributed by atoms with Gasteiger partial charge in [0.05, 0.1) is 37.6 Å². The predicted octanol–water partition coefficient (Wildman–Crippen LogP) is 3.43. The van der Waals surface area contributed by atoms with Crippen LogP contribution in [-0.4, -0.2) is 72.4 Å². The molecule has 2 aromatic heterocycles. The summed E-state index contributed by atoms with van der Waals surface area (Å²) in [6, 6.07) is 16.8. The number of aromatic nitrogens is 1. The van der Waals surface area contributed by atoms with E-state index in [0.717, 1.165) is 62.2 Å². The molecule has 1 aromatic carbocycles. The van der Waals surface area contributed by atoms with Gasteiger partial charge in [0.25, 0.3) is 0 Å². The molecule has 0 radical (unpaired) electrons. The normalized spacial score (nSPS) is 20.6. The fourth-order valence-electron chi connectivity index (χ4n) is 4.58. The average molecular weight is 493 g/mol. The number of nitrogens with one attached hydrogen (secondary N) is 1. The maximum absolute atomic E-state index is 11.8. The van der Waals surface area contributed by atoms with Crippen LogP contribution in [0.2, 0.25) is 0 Å². The molecule has 2 aliphatic rings. The van der Waals surface area contributed by atoms with E-state index in [2.05, 4.69) is 20.1 Å². The molecule has 8 nitrogen and oxygen atoms in total. The number of hydrogen-bond donors (Lipinski definition) is 1. The number of morpholine rings is 1. The maximum atomic E-state index is 11.8. The standard InChI is InChI=1S/C26H28N4O4S/c1-32-25(31)19-7-5-18(6-8-19)21-9-10-22(34-21)24-23(20-4-2-3-11-27-20)28-26(35)30(24)13-12-29-14-16-33-17-15-29/h2-11,23-24H,12-17H2,1H3,(H,28,35)/t23-,24+/m1/s1. The van der Waals surface area contributed by atoms with E-state index in [9.17, 15) is 4.79 Å². The van der Waals surface area contributed by atoms with E-state index in [0.29, 0.717) is 10.7 Å². The summed E-state index contributed by atoms with van der Waals surface area (Å²) < 4.78 is 16.7. The maximum Gasteiger partial charge on any atom is 0.337 e. The van der Waals surface area contributed by atoms with Crippen molar-refractivity contribution in [1.82, 2.24) is 20.1 Å². The summed E-state index contributed by atoms with van der Waals surface area (Å²) in [7, 11) is 1.37. The molecule has 2 fully saturated rings. The molecule has 0 saturated carbocycles. The molecule has 9 heteroatoms. The van der Waals surface area contributed by atoms with Gasteiger partial charge >= 0.3 is 5.97 Å². The highest BCUT2D eigenvalue weighted by atomic mass is 32.1. The fourth-order valence-corrected chi connectivity index (χ4v) is 4.92. The van der Waals surface area contributed by atoms with Crippen molar-refractivity contribution >= 4 is 23.3 Å². The Morgan fingerprint density at radius 1 is 1.11 bits per heavy atom. The first-order valence-electron chi connectivity index (χ1n) is 11.7. The Hall–Kier alpha value is -3.27. The summed E-state index contributed by atoms with van der Waals surface area (Å²) in [4.78, 5) is 21.0. The van der Waals surface area contributed by atoms with Crippen LogP contribution < -0.4 is 5.32 Å². The lowest BCUT2D eigenvalue weighted by molar-refractivity contribution is 0.0347. The Bertz CT molecular complexity index is 1160. The Labute approximate surface area is 209 Å². The summed E-state index contributed by atoms with van der Waals surface area (Å²) >= 11 is 5.77. The number of carbonyl (C=O) groups excluding carboxylic acids is 1. The first-order chi connectivity index (χ1) is 17.1. The van der Waals surface area contributed by atoms with Gasteiger partial charge in [-0.3, -0.25) is 9.88 Å². The van der Waals surface area contributed by atoms with Crippen LogP contribution in [0.1, 0.15) is 33.9 Å². The third-order valence-electron chi connectivity index (χ3n) is 6.47. The number of rotatable bonds is 7. The zero-order valence-corrected chi connectivity index (χ0v) is 20.4. The third-order valence-corrected chi connectivity index (χ3v) is 6.82. The van der Waals surface area contributed by atoms with Crippen molar-refractivity contribution in [2.75, 3.05) is 46.5 Å². The number of carbonyl (C=O) groups is 1. The van der Waals surface area contributed by atoms with Gasteiger partial charge in [0.2, 0.25) is 0 Å². The Morgan fingerprint density at radius 2 is 1.91 bits per heavy atom. The van der Waals surface area contributed by atoms with Gasteiger partial charge in [0.15, 0.2) is 5.11 Å². The summed E-state index contributed by atoms with van der Waals surface area (Å²) in [5, 5.41) is 4.17. The van der Waals surface area contributed by atoms with Crippen LogP contribution in [0.15, 0.2) is 65.2 Å². The number of thiocarbonyl (C=S) groups is 1. The van der Waals surface area contributed by atoms with Crippen molar-refractivity contribution in [2.24, 2.45) is 0 Å². The Balaban J connectivity index is 1.41. The summed E-state index contributed by atoms with van der Waals surface area (Å²) in [6.45, 7) is 5.03. The van der Waals surface area contributed by atoms with Crippen LogP contribution in [0.4, 0.5) is 0 Å². The molecule has 2 atom stereocenters. The van der Waals surface area contributed by atoms with Crippen LogP contribution >= 0.6 is 12.2 Å². The van der Waals surface area contributed by atoms with Gasteiger partial charge in [-0.1, -0.05) is 18.2 Å². The second kappa shape index (κ2) is 10.6. The monoisotopic (exact) mass is 492 g/mol. The van der Waals surface area contributed by atoms with E-state index < -0.39 is 0 Å². The molecular formula is C26H28N4O4S. The molecule has 0 bridgehead atoms. The molecule has 2 saturated heterocycles. The first kappa shape index (κ1) is 23.5. The zero-order chi connectivity index (χ0) is 24.2. The second-order valence-electron chi connectivity index (χ2n) is 8.54. The highest BCUT2D eigenvalue weighted by molar-refractivity contribution is 7.80. The molecule has 0 spiro atoms. The number of esters is 1. The van der Waals surface area contributed by atoms with Crippen molar-refractivity contribution in [3.8, 4) is 11.3 Å². The van der Waals surface area contributed by atoms with Crippen molar-refractivity contribution in [3.63, 3.8) is 0 Å². The molecule has 0 aliphatic carbocycles. The molecule has 182 valence electrons. The largest absolute Gasteiger partial charge is 0.465 e. The van der Waals surface area contributed by atoms with E-state index in [-0.39, 0.29) is 18.1 Å². The van der Waals surface area contributed by atoms with Gasteiger partial charge in [-0.15, -0.1) is 0 Å². The summed E-state index contributed by atoms with van der Waals surface area (Å²) in [5.41, 5.74) is 2.29. The molecule has 3 aromatic rings. The SMILES string of the molecule is COC(=O)c1ccc(-c2ccc([C@H]3[C@@H](c4ccccn4)NC(=S)N3CCN3CCOCC3)o2)cc1. The Morgan fingerprint density at radius 3 is 2.63 bits per heavy atom. The third kappa shape index (κ3) is 5.07. The number of nitrogens with zero attached hydrogens (tertiary/aromatic N) is 3. The second-order valence-corrected chi connectivity index (χ2v) is 8.93. The van der Waals surface area contributed by atoms with Crippen LogP contribution in [0, 0.1) is 0 Å². The van der Waals surface area contributed by atoms with Crippen LogP contribution in [0.25, 0.3) is 11.3 Å². The zero-order valence-electron chi connectivity index (χ0n) is 19.6. The number of pyridine rings is 1. The number of benzene rings is 1. The van der Waals surface area contributed by atoms with Crippen molar-refractivity contribution in [2.45, 2.75) is 12.1 Å². The molecule has 0 amide bonds. The number of hydrogen-bond acceptors (Lipinski definition) is 7. The van der Waals surface area contributed by atoms with E-state index >= 15 is 0 Å². The van der Waals surface area contributed by atoms with Gasteiger partial charge in [0, 0.05) is 37.9 Å². The molecule has 1 N–H and O–H groups in total. The Kier molecular flexibility index (Phi) is 7.08. The molecular weight excluding hydrogens is 464 g/mol. The van der Waals surface area contributed by atoms with E-state index in [1.807, 2.05) is 42.5 Å². The first-order valence-corrected chi connectivity index (χ1v) is 12.1. The highest BCUT2D eigenvalue weighted by Crippen LogP contribution is 2.40. The van der Waals surface area contributed by atoms with Crippen LogP contribution in [0.5, 0.6) is 0 Å². The topological polar surface area (TPSA) is 80.1 Å². The molecule has 0 unspecified atom stereocenters. The van der Waals surface area contributed by atoms with Crippen molar-refractivity contribution in [1.29, 1.82) is 0 Å². The summed E-state index contributed by atoms with van der Waals surface area (Å²) in [5.74, 6) is 1.17. The summed E-state index contributed by atoms with van der Waals surface area (Å²) in [6.07, 6.45) is 1.80. The smallest absolute Gasteiger partial charge is 0.337 e. The van der Waals surface area contributed by atoms with Crippen molar-refractivity contribution < 1.29 is 18.7 Å². The van der Waals surface area contributed by atoms with Gasteiger partial charge in [-0.2, -0.15) is 0 Å². The predicted molar refractivity (Wildman–Crippen MR) is 135 cm³/mol. The van der Waals surface area contributed by atoms with Crippen molar-refractivity contribution in [3.05, 3.63) is 77.8 Å². The van der Waals surface area contributed by atoms with Gasteiger partial charge in [0.1, 0.15) is 17.6 Å². The molecule has 35 heavy (non-hydrogen) atoms. The van der Waals surface area contributed by atoms with Gasteiger partial charge in [-0.05, 0) is 48.6 Å². The van der Waals surface area contributed by atoms with Gasteiger partial charge in [-0.25, -0.2) is 4.79 Å². The lowest BCUT2D eigenvalue weighted by atomic mass is 10.0. The minimum Gasteiger partial charge on any atom is -0.465 e. The minimum absolute atomic E-state index is 0.130. The number of furan rings is 1. The van der Waals surface area contributed by atoms with Crippen LogP contribution in [0.3, 0.4) is 0 Å². The van der Waals surface area contributed by atoms with E-state index in [1.54, 1.807) is 18.3 Å². The number of methoxy groups -OCH3 is 1. The molecule has 2 aliphatic heterocycles. The van der Waals surface area contributed by atoms with E-state index in [1.165, 1.54) is 7.11 Å². The minimum atomic E-state index is -0.365. The average Bonchev–Trinajstić information content (AvgIpc) is 3.52.